The van der Waals surface area contributed by atoms with Crippen molar-refractivity contribution in [3.8, 4) is 0 Å². The molecule has 0 aliphatic rings. The molecule has 0 spiro atoms. The van der Waals surface area contributed by atoms with Crippen molar-refractivity contribution in [2.24, 2.45) is 0 Å². The summed E-state index contributed by atoms with van der Waals surface area (Å²) in [6.07, 6.45) is 2.95. The zero-order valence-corrected chi connectivity index (χ0v) is 9.09. The minimum atomic E-state index is -0.533. The number of anilines is 1. The molecule has 0 saturated carbocycles. The Labute approximate surface area is 93.5 Å². The summed E-state index contributed by atoms with van der Waals surface area (Å²) >= 11 is 0. The van der Waals surface area contributed by atoms with E-state index in [0.29, 0.717) is 6.42 Å². The molecule has 0 aromatic carbocycles. The Morgan fingerprint density at radius 2 is 2.38 bits per heavy atom. The van der Waals surface area contributed by atoms with Gasteiger partial charge in [0.05, 0.1) is 5.69 Å². The standard InChI is InChI=1S/C10H15N3O3/c1-2-8(5-6-14)12-9-3-4-10(11-7-9)13(15)16/h3-4,7-8,12,14H,2,5-6H2,1H3. The van der Waals surface area contributed by atoms with Gasteiger partial charge < -0.3 is 20.5 Å². The number of hydrogen-bond acceptors (Lipinski definition) is 5. The van der Waals surface area contributed by atoms with Crippen LogP contribution in [-0.2, 0) is 0 Å². The molecule has 0 amide bonds. The number of aliphatic hydroxyl groups is 1. The molecule has 1 rings (SSSR count). The average Bonchev–Trinajstić information content (AvgIpc) is 2.29. The summed E-state index contributed by atoms with van der Waals surface area (Å²) in [5, 5.41) is 22.4. The minimum absolute atomic E-state index is 0.117. The first-order valence-corrected chi connectivity index (χ1v) is 5.15. The Kier molecular flexibility index (Phi) is 4.65. The fourth-order valence-corrected chi connectivity index (χ4v) is 1.35. The van der Waals surface area contributed by atoms with E-state index in [1.165, 1.54) is 12.3 Å². The van der Waals surface area contributed by atoms with Crippen LogP contribution in [0.25, 0.3) is 0 Å². The third-order valence-corrected chi connectivity index (χ3v) is 2.28. The van der Waals surface area contributed by atoms with Crippen LogP contribution in [0.3, 0.4) is 0 Å². The Morgan fingerprint density at radius 3 is 2.81 bits per heavy atom. The van der Waals surface area contributed by atoms with Crippen LogP contribution in [0, 0.1) is 10.1 Å². The van der Waals surface area contributed by atoms with Crippen LogP contribution < -0.4 is 5.32 Å². The maximum Gasteiger partial charge on any atom is 0.363 e. The van der Waals surface area contributed by atoms with Crippen molar-refractivity contribution in [3.05, 3.63) is 28.4 Å². The van der Waals surface area contributed by atoms with Crippen LogP contribution in [0.15, 0.2) is 18.3 Å². The average molecular weight is 225 g/mol. The molecule has 0 fully saturated rings. The van der Waals surface area contributed by atoms with Gasteiger partial charge in [0, 0.05) is 18.7 Å². The minimum Gasteiger partial charge on any atom is -0.396 e. The molecule has 1 aromatic rings. The summed E-state index contributed by atoms with van der Waals surface area (Å²) in [5.74, 6) is -0.166. The van der Waals surface area contributed by atoms with Gasteiger partial charge in [0.1, 0.15) is 0 Å². The molecule has 88 valence electrons. The molecule has 1 heterocycles. The molecular weight excluding hydrogens is 210 g/mol. The number of nitro groups is 1. The van der Waals surface area contributed by atoms with Crippen molar-refractivity contribution in [1.29, 1.82) is 0 Å². The van der Waals surface area contributed by atoms with E-state index in [9.17, 15) is 10.1 Å². The van der Waals surface area contributed by atoms with Crippen molar-refractivity contribution >= 4 is 11.5 Å². The van der Waals surface area contributed by atoms with Gasteiger partial charge in [-0.15, -0.1) is 0 Å². The second kappa shape index (κ2) is 6.02. The van der Waals surface area contributed by atoms with Crippen LogP contribution in [0.1, 0.15) is 19.8 Å². The molecule has 0 aliphatic heterocycles. The third kappa shape index (κ3) is 3.47. The zero-order chi connectivity index (χ0) is 12.0. The van der Waals surface area contributed by atoms with Crippen LogP contribution in [-0.4, -0.2) is 27.7 Å². The summed E-state index contributed by atoms with van der Waals surface area (Å²) in [6, 6.07) is 3.13. The van der Waals surface area contributed by atoms with Crippen LogP contribution in [0.5, 0.6) is 0 Å². The molecule has 0 saturated heterocycles. The number of aliphatic hydroxyl groups excluding tert-OH is 1. The summed E-state index contributed by atoms with van der Waals surface area (Å²) in [7, 11) is 0. The van der Waals surface area contributed by atoms with Crippen molar-refractivity contribution < 1.29 is 10.0 Å². The topological polar surface area (TPSA) is 88.3 Å². The fraction of sp³-hybridized carbons (Fsp3) is 0.500. The SMILES string of the molecule is CCC(CCO)Nc1ccc([N+](=O)[O-])nc1. The molecule has 16 heavy (non-hydrogen) atoms. The predicted octanol–water partition coefficient (Wildman–Crippen LogP) is 1.56. The van der Waals surface area contributed by atoms with E-state index in [1.54, 1.807) is 6.07 Å². The molecule has 1 unspecified atom stereocenters. The van der Waals surface area contributed by atoms with Gasteiger partial charge in [-0.2, -0.15) is 0 Å². The zero-order valence-electron chi connectivity index (χ0n) is 9.09. The quantitative estimate of drug-likeness (QED) is 0.566. The third-order valence-electron chi connectivity index (χ3n) is 2.28. The van der Waals surface area contributed by atoms with E-state index in [4.69, 9.17) is 5.11 Å². The number of rotatable bonds is 6. The highest BCUT2D eigenvalue weighted by molar-refractivity contribution is 5.44. The number of pyridine rings is 1. The van der Waals surface area contributed by atoms with Gasteiger partial charge in [0.2, 0.25) is 0 Å². The van der Waals surface area contributed by atoms with E-state index >= 15 is 0 Å². The Bertz CT molecular complexity index is 340. The molecule has 1 aromatic heterocycles. The van der Waals surface area contributed by atoms with Gasteiger partial charge in [-0.3, -0.25) is 0 Å². The number of nitrogens with one attached hydrogen (secondary N) is 1. The van der Waals surface area contributed by atoms with Crippen LogP contribution >= 0.6 is 0 Å². The Balaban J connectivity index is 2.63. The summed E-state index contributed by atoms with van der Waals surface area (Å²) in [6.45, 7) is 2.12. The Hall–Kier alpha value is -1.69. The van der Waals surface area contributed by atoms with Gasteiger partial charge in [-0.1, -0.05) is 6.92 Å². The highest BCUT2D eigenvalue weighted by atomic mass is 16.6. The van der Waals surface area contributed by atoms with Crippen LogP contribution in [0.2, 0.25) is 0 Å². The van der Waals surface area contributed by atoms with E-state index in [1.807, 2.05) is 6.92 Å². The molecule has 0 aliphatic carbocycles. The maximum atomic E-state index is 10.4. The number of nitrogens with zero attached hydrogens (tertiary/aromatic N) is 2. The lowest BCUT2D eigenvalue weighted by molar-refractivity contribution is -0.389. The summed E-state index contributed by atoms with van der Waals surface area (Å²) < 4.78 is 0. The second-order valence-electron chi connectivity index (χ2n) is 3.42. The van der Waals surface area contributed by atoms with Crippen molar-refractivity contribution in [2.75, 3.05) is 11.9 Å². The first kappa shape index (κ1) is 12.4. The highest BCUT2D eigenvalue weighted by Gasteiger charge is 2.09. The van der Waals surface area contributed by atoms with Gasteiger partial charge in [0.25, 0.3) is 0 Å². The smallest absolute Gasteiger partial charge is 0.363 e. The van der Waals surface area contributed by atoms with Gasteiger partial charge in [-0.05, 0) is 28.8 Å². The first-order valence-electron chi connectivity index (χ1n) is 5.15. The molecular formula is C10H15N3O3. The lowest BCUT2D eigenvalue weighted by Crippen LogP contribution is -2.19. The van der Waals surface area contributed by atoms with Gasteiger partial charge in [0.15, 0.2) is 6.20 Å². The predicted molar refractivity (Wildman–Crippen MR) is 60.3 cm³/mol. The summed E-state index contributed by atoms with van der Waals surface area (Å²) in [5.41, 5.74) is 0.728. The monoisotopic (exact) mass is 225 g/mol. The largest absolute Gasteiger partial charge is 0.396 e. The maximum absolute atomic E-state index is 10.4. The van der Waals surface area contributed by atoms with Crippen LogP contribution in [0.4, 0.5) is 11.5 Å². The molecule has 2 N–H and O–H groups in total. The van der Waals surface area contributed by atoms with E-state index in [-0.39, 0.29) is 18.5 Å². The molecule has 6 heteroatoms. The van der Waals surface area contributed by atoms with E-state index in [2.05, 4.69) is 10.3 Å². The van der Waals surface area contributed by atoms with Gasteiger partial charge in [-0.25, -0.2) is 0 Å². The second-order valence-corrected chi connectivity index (χ2v) is 3.42. The molecule has 1 atom stereocenters. The lowest BCUT2D eigenvalue weighted by Gasteiger charge is -2.15. The summed E-state index contributed by atoms with van der Waals surface area (Å²) in [4.78, 5) is 13.6. The highest BCUT2D eigenvalue weighted by Crippen LogP contribution is 2.14. The van der Waals surface area contributed by atoms with Gasteiger partial charge >= 0.3 is 5.82 Å². The van der Waals surface area contributed by atoms with Crippen molar-refractivity contribution in [2.45, 2.75) is 25.8 Å². The number of hydrogen-bond donors (Lipinski definition) is 2. The fourth-order valence-electron chi connectivity index (χ4n) is 1.35. The van der Waals surface area contributed by atoms with Crippen molar-refractivity contribution in [1.82, 2.24) is 4.98 Å². The molecule has 0 radical (unpaired) electrons. The first-order chi connectivity index (χ1) is 7.67. The normalized spacial score (nSPS) is 12.1. The van der Waals surface area contributed by atoms with Crippen molar-refractivity contribution in [3.63, 3.8) is 0 Å². The van der Waals surface area contributed by atoms with E-state index < -0.39 is 4.92 Å². The number of aromatic nitrogens is 1. The molecule has 6 nitrogen and oxygen atoms in total. The lowest BCUT2D eigenvalue weighted by atomic mass is 10.1. The Morgan fingerprint density at radius 1 is 1.62 bits per heavy atom. The molecule has 0 bridgehead atoms. The van der Waals surface area contributed by atoms with E-state index in [0.717, 1.165) is 12.1 Å².